The number of hydrogen-bond donors (Lipinski definition) is 2. The number of rotatable bonds is 5. The van der Waals surface area contributed by atoms with Crippen molar-refractivity contribution in [3.63, 3.8) is 0 Å². The first-order chi connectivity index (χ1) is 14.6. The zero-order chi connectivity index (χ0) is 20.9. The molecule has 2 N–H and O–H groups in total. The van der Waals surface area contributed by atoms with Gasteiger partial charge in [0, 0.05) is 44.5 Å². The van der Waals surface area contributed by atoms with Gasteiger partial charge in [-0.3, -0.25) is 4.79 Å². The lowest BCUT2D eigenvalue weighted by atomic mass is 10.2. The average molecular weight is 407 g/mol. The predicted octanol–water partition coefficient (Wildman–Crippen LogP) is 3.04. The molecule has 2 aromatic carbocycles. The molecule has 1 amide bonds. The minimum Gasteiger partial charge on any atom is -0.366 e. The van der Waals surface area contributed by atoms with Gasteiger partial charge in [-0.05, 0) is 30.3 Å². The van der Waals surface area contributed by atoms with Crippen molar-refractivity contribution in [2.45, 2.75) is 6.92 Å². The summed E-state index contributed by atoms with van der Waals surface area (Å²) in [6, 6.07) is 14.1. The molecule has 0 saturated carbocycles. The van der Waals surface area contributed by atoms with Gasteiger partial charge in [-0.1, -0.05) is 18.2 Å². The van der Waals surface area contributed by atoms with E-state index >= 15 is 0 Å². The van der Waals surface area contributed by atoms with Crippen molar-refractivity contribution in [1.29, 1.82) is 0 Å². The van der Waals surface area contributed by atoms with Crippen LogP contribution in [0.25, 0.3) is 0 Å². The summed E-state index contributed by atoms with van der Waals surface area (Å²) in [5.41, 5.74) is 2.06. The number of nitrogens with zero attached hydrogens (tertiary/aromatic N) is 5. The molecule has 0 radical (unpaired) electrons. The number of nitrogens with one attached hydrogen (secondary N) is 2. The summed E-state index contributed by atoms with van der Waals surface area (Å²) in [6.07, 6.45) is 1.46. The standard InChI is InChI=1S/C21H22FN7O/c1-15(30)25-16-5-4-6-17(13-16)26-20-23-14-24-21(27-20)29-11-9-28(10-12-29)19-8-3-2-7-18(19)22/h2-8,13-14H,9-12H2,1H3,(H,25,30)(H,23,24,26,27). The maximum atomic E-state index is 14.0. The van der Waals surface area contributed by atoms with Gasteiger partial charge in [0.05, 0.1) is 5.69 Å². The zero-order valence-electron chi connectivity index (χ0n) is 16.5. The van der Waals surface area contributed by atoms with Crippen LogP contribution in [0.1, 0.15) is 6.92 Å². The smallest absolute Gasteiger partial charge is 0.231 e. The van der Waals surface area contributed by atoms with Gasteiger partial charge >= 0.3 is 0 Å². The number of hydrogen-bond acceptors (Lipinski definition) is 7. The molecule has 0 spiro atoms. The van der Waals surface area contributed by atoms with Crippen LogP contribution < -0.4 is 20.4 Å². The van der Waals surface area contributed by atoms with Gasteiger partial charge in [0.15, 0.2) is 0 Å². The molecule has 0 bridgehead atoms. The fourth-order valence-electron chi connectivity index (χ4n) is 3.36. The summed E-state index contributed by atoms with van der Waals surface area (Å²) in [7, 11) is 0. The molecule has 1 aliphatic heterocycles. The van der Waals surface area contributed by atoms with Crippen LogP contribution in [0, 0.1) is 5.82 Å². The fourth-order valence-corrected chi connectivity index (χ4v) is 3.36. The third kappa shape index (κ3) is 4.62. The van der Waals surface area contributed by atoms with Crippen molar-refractivity contribution in [3.8, 4) is 0 Å². The van der Waals surface area contributed by atoms with Crippen LogP contribution in [0.15, 0.2) is 54.9 Å². The van der Waals surface area contributed by atoms with E-state index in [1.165, 1.54) is 19.3 Å². The number of amides is 1. The lowest BCUT2D eigenvalue weighted by Crippen LogP contribution is -2.47. The van der Waals surface area contributed by atoms with E-state index in [0.717, 1.165) is 5.69 Å². The third-order valence-corrected chi connectivity index (χ3v) is 4.75. The highest BCUT2D eigenvalue weighted by atomic mass is 19.1. The molecule has 1 aromatic heterocycles. The number of para-hydroxylation sites is 1. The first kappa shape index (κ1) is 19.6. The van der Waals surface area contributed by atoms with Crippen molar-refractivity contribution in [2.24, 2.45) is 0 Å². The van der Waals surface area contributed by atoms with Gasteiger partial charge in [0.2, 0.25) is 17.8 Å². The van der Waals surface area contributed by atoms with Gasteiger partial charge in [-0.2, -0.15) is 4.98 Å². The summed E-state index contributed by atoms with van der Waals surface area (Å²) in [5.74, 6) is 0.637. The van der Waals surface area contributed by atoms with E-state index in [4.69, 9.17) is 0 Å². The summed E-state index contributed by atoms with van der Waals surface area (Å²) in [6.45, 7) is 4.16. The summed E-state index contributed by atoms with van der Waals surface area (Å²) in [5, 5.41) is 5.88. The lowest BCUT2D eigenvalue weighted by molar-refractivity contribution is -0.114. The molecule has 1 saturated heterocycles. The lowest BCUT2D eigenvalue weighted by Gasteiger charge is -2.36. The van der Waals surface area contributed by atoms with Crippen molar-refractivity contribution in [2.75, 3.05) is 46.6 Å². The number of aromatic nitrogens is 3. The van der Waals surface area contributed by atoms with Crippen LogP contribution in [0.5, 0.6) is 0 Å². The Morgan fingerprint density at radius 3 is 2.47 bits per heavy atom. The maximum absolute atomic E-state index is 14.0. The maximum Gasteiger partial charge on any atom is 0.231 e. The molecule has 4 rings (SSSR count). The molecule has 2 heterocycles. The summed E-state index contributed by atoms with van der Waals surface area (Å²) < 4.78 is 14.0. The van der Waals surface area contributed by atoms with E-state index in [-0.39, 0.29) is 11.7 Å². The molecule has 9 heteroatoms. The Labute approximate surface area is 173 Å². The van der Waals surface area contributed by atoms with Crippen LogP contribution in [0.4, 0.5) is 33.3 Å². The monoisotopic (exact) mass is 407 g/mol. The normalized spacial score (nSPS) is 13.8. The highest BCUT2D eigenvalue weighted by Crippen LogP contribution is 2.22. The average Bonchev–Trinajstić information content (AvgIpc) is 2.74. The highest BCUT2D eigenvalue weighted by molar-refractivity contribution is 5.89. The third-order valence-electron chi connectivity index (χ3n) is 4.75. The SMILES string of the molecule is CC(=O)Nc1cccc(Nc2ncnc(N3CCN(c4ccccc4F)CC3)n2)c1. The van der Waals surface area contributed by atoms with Crippen molar-refractivity contribution in [1.82, 2.24) is 15.0 Å². The summed E-state index contributed by atoms with van der Waals surface area (Å²) in [4.78, 5) is 28.3. The molecular weight excluding hydrogens is 385 g/mol. The van der Waals surface area contributed by atoms with Gasteiger partial charge in [0.1, 0.15) is 12.1 Å². The molecule has 154 valence electrons. The van der Waals surface area contributed by atoms with E-state index in [9.17, 15) is 9.18 Å². The number of halogens is 1. The molecule has 0 unspecified atom stereocenters. The Hall–Kier alpha value is -3.75. The Balaban J connectivity index is 1.42. The molecular formula is C21H22FN7O. The highest BCUT2D eigenvalue weighted by Gasteiger charge is 2.21. The van der Waals surface area contributed by atoms with E-state index < -0.39 is 0 Å². The van der Waals surface area contributed by atoms with E-state index in [1.54, 1.807) is 24.3 Å². The second kappa shape index (κ2) is 8.73. The number of carbonyl (C=O) groups excluding carboxylic acids is 1. The van der Waals surface area contributed by atoms with Gasteiger partial charge in [-0.15, -0.1) is 0 Å². The van der Waals surface area contributed by atoms with Crippen LogP contribution in [-0.2, 0) is 4.79 Å². The topological polar surface area (TPSA) is 86.3 Å². The Kier molecular flexibility index (Phi) is 5.69. The quantitative estimate of drug-likeness (QED) is 0.672. The first-order valence-corrected chi connectivity index (χ1v) is 9.66. The Morgan fingerprint density at radius 2 is 1.70 bits per heavy atom. The fraction of sp³-hybridized carbons (Fsp3) is 0.238. The van der Waals surface area contributed by atoms with Crippen molar-refractivity contribution < 1.29 is 9.18 Å². The second-order valence-electron chi connectivity index (χ2n) is 6.92. The summed E-state index contributed by atoms with van der Waals surface area (Å²) >= 11 is 0. The predicted molar refractivity (Wildman–Crippen MR) is 115 cm³/mol. The number of carbonyl (C=O) groups is 1. The van der Waals surface area contributed by atoms with Gasteiger partial charge in [0.25, 0.3) is 0 Å². The van der Waals surface area contributed by atoms with E-state index in [1.807, 2.05) is 23.1 Å². The van der Waals surface area contributed by atoms with Crippen LogP contribution >= 0.6 is 0 Å². The van der Waals surface area contributed by atoms with Crippen molar-refractivity contribution >= 4 is 34.9 Å². The largest absolute Gasteiger partial charge is 0.366 e. The zero-order valence-corrected chi connectivity index (χ0v) is 16.5. The van der Waals surface area contributed by atoms with Crippen LogP contribution in [-0.4, -0.2) is 47.0 Å². The molecule has 0 atom stereocenters. The molecule has 3 aromatic rings. The molecule has 0 aliphatic carbocycles. The number of piperazine rings is 1. The van der Waals surface area contributed by atoms with Crippen molar-refractivity contribution in [3.05, 3.63) is 60.7 Å². The van der Waals surface area contributed by atoms with Crippen LogP contribution in [0.2, 0.25) is 0 Å². The van der Waals surface area contributed by atoms with E-state index in [2.05, 4.69) is 30.5 Å². The first-order valence-electron chi connectivity index (χ1n) is 9.66. The minimum atomic E-state index is -0.209. The van der Waals surface area contributed by atoms with Crippen LogP contribution in [0.3, 0.4) is 0 Å². The minimum absolute atomic E-state index is 0.135. The van der Waals surface area contributed by atoms with Gasteiger partial charge < -0.3 is 20.4 Å². The van der Waals surface area contributed by atoms with Gasteiger partial charge in [-0.25, -0.2) is 14.4 Å². The molecule has 30 heavy (non-hydrogen) atoms. The number of benzene rings is 2. The molecule has 1 aliphatic rings. The second-order valence-corrected chi connectivity index (χ2v) is 6.92. The molecule has 8 nitrogen and oxygen atoms in total. The van der Waals surface area contributed by atoms with E-state index in [0.29, 0.717) is 49.5 Å². The Bertz CT molecular complexity index is 1040. The molecule has 1 fully saturated rings. The number of anilines is 5. The Morgan fingerprint density at radius 1 is 0.967 bits per heavy atom.